The molecule has 1 unspecified atom stereocenters. The van der Waals surface area contributed by atoms with Gasteiger partial charge in [0.1, 0.15) is 6.17 Å². The maximum Gasteiger partial charge on any atom is 0.100 e. The second-order valence-corrected chi connectivity index (χ2v) is 3.37. The van der Waals surface area contributed by atoms with Gasteiger partial charge < -0.3 is 5.73 Å². The van der Waals surface area contributed by atoms with Gasteiger partial charge in [0.25, 0.3) is 0 Å². The largest absolute Gasteiger partial charge is 0.328 e. The Balaban J connectivity index is 2.26. The molecule has 2 N–H and O–H groups in total. The van der Waals surface area contributed by atoms with E-state index < -0.39 is 6.17 Å². The van der Waals surface area contributed by atoms with Crippen molar-refractivity contribution in [2.24, 2.45) is 11.7 Å². The van der Waals surface area contributed by atoms with Gasteiger partial charge >= 0.3 is 0 Å². The van der Waals surface area contributed by atoms with Crippen molar-refractivity contribution in [3.8, 4) is 0 Å². The Bertz CT molecular complexity index is 95.4. The van der Waals surface area contributed by atoms with Crippen LogP contribution >= 0.6 is 0 Å². The summed E-state index contributed by atoms with van der Waals surface area (Å²) in [6, 6.07) is 0.257. The number of halogens is 1. The second kappa shape index (κ2) is 3.33. The van der Waals surface area contributed by atoms with E-state index in [1.54, 1.807) is 0 Å². The zero-order chi connectivity index (χ0) is 7.56. The molecule has 0 spiro atoms. The van der Waals surface area contributed by atoms with E-state index in [-0.39, 0.29) is 6.04 Å². The lowest BCUT2D eigenvalue weighted by Crippen LogP contribution is -2.30. The molecule has 1 fully saturated rings. The van der Waals surface area contributed by atoms with Crippen LogP contribution in [0.25, 0.3) is 0 Å². The van der Waals surface area contributed by atoms with Crippen molar-refractivity contribution in [3.05, 3.63) is 0 Å². The molecular weight excluding hydrogens is 129 g/mol. The van der Waals surface area contributed by atoms with E-state index >= 15 is 0 Å². The molecule has 1 aliphatic rings. The average molecular weight is 145 g/mol. The Morgan fingerprint density at radius 1 is 1.30 bits per heavy atom. The lowest BCUT2D eigenvalue weighted by atomic mass is 9.84. The molecule has 0 bridgehead atoms. The maximum absolute atomic E-state index is 12.6. The minimum Gasteiger partial charge on any atom is -0.328 e. The number of alkyl halides is 1. The predicted molar refractivity (Wildman–Crippen MR) is 40.5 cm³/mol. The van der Waals surface area contributed by atoms with Crippen LogP contribution in [-0.4, -0.2) is 12.2 Å². The third-order valence-electron chi connectivity index (χ3n) is 2.44. The lowest BCUT2D eigenvalue weighted by Gasteiger charge is -2.26. The van der Waals surface area contributed by atoms with Crippen LogP contribution in [0.1, 0.15) is 32.6 Å². The van der Waals surface area contributed by atoms with Crippen LogP contribution in [-0.2, 0) is 0 Å². The van der Waals surface area contributed by atoms with Crippen molar-refractivity contribution >= 4 is 0 Å². The topological polar surface area (TPSA) is 26.0 Å². The zero-order valence-corrected chi connectivity index (χ0v) is 6.52. The second-order valence-electron chi connectivity index (χ2n) is 3.37. The van der Waals surface area contributed by atoms with E-state index in [1.807, 2.05) is 6.92 Å². The van der Waals surface area contributed by atoms with Crippen molar-refractivity contribution in [3.63, 3.8) is 0 Å². The van der Waals surface area contributed by atoms with Crippen molar-refractivity contribution in [1.29, 1.82) is 0 Å². The van der Waals surface area contributed by atoms with Gasteiger partial charge in [-0.15, -0.1) is 0 Å². The summed E-state index contributed by atoms with van der Waals surface area (Å²) in [7, 11) is 0. The maximum atomic E-state index is 12.6. The monoisotopic (exact) mass is 145 g/mol. The highest BCUT2D eigenvalue weighted by Gasteiger charge is 2.22. The molecule has 0 radical (unpaired) electrons. The Morgan fingerprint density at radius 2 is 1.80 bits per heavy atom. The van der Waals surface area contributed by atoms with Crippen LogP contribution in [0.4, 0.5) is 4.39 Å². The SMILES string of the molecule is CC(N)C1CCC(F)CC1. The van der Waals surface area contributed by atoms with Crippen LogP contribution in [0.2, 0.25) is 0 Å². The third-order valence-corrected chi connectivity index (χ3v) is 2.44. The highest BCUT2D eigenvalue weighted by atomic mass is 19.1. The minimum atomic E-state index is -0.546. The molecule has 0 amide bonds. The van der Waals surface area contributed by atoms with Gasteiger partial charge in [0.2, 0.25) is 0 Å². The van der Waals surface area contributed by atoms with Gasteiger partial charge in [0, 0.05) is 6.04 Å². The zero-order valence-electron chi connectivity index (χ0n) is 6.52. The summed E-state index contributed by atoms with van der Waals surface area (Å²) in [4.78, 5) is 0. The summed E-state index contributed by atoms with van der Waals surface area (Å²) >= 11 is 0. The molecule has 1 rings (SSSR count). The molecule has 0 saturated heterocycles. The van der Waals surface area contributed by atoms with Gasteiger partial charge in [0.05, 0.1) is 0 Å². The molecule has 0 aromatic carbocycles. The normalized spacial score (nSPS) is 37.5. The number of hydrogen-bond acceptors (Lipinski definition) is 1. The van der Waals surface area contributed by atoms with Crippen molar-refractivity contribution in [1.82, 2.24) is 0 Å². The summed E-state index contributed by atoms with van der Waals surface area (Å²) in [6.07, 6.45) is 2.88. The van der Waals surface area contributed by atoms with Gasteiger partial charge in [-0.3, -0.25) is 0 Å². The van der Waals surface area contributed by atoms with Crippen molar-refractivity contribution in [2.75, 3.05) is 0 Å². The molecule has 60 valence electrons. The first-order valence-corrected chi connectivity index (χ1v) is 4.10. The van der Waals surface area contributed by atoms with E-state index in [0.29, 0.717) is 5.92 Å². The van der Waals surface area contributed by atoms with E-state index in [2.05, 4.69) is 0 Å². The average Bonchev–Trinajstić information content (AvgIpc) is 1.88. The highest BCUT2D eigenvalue weighted by Crippen LogP contribution is 2.27. The molecule has 2 heteroatoms. The Morgan fingerprint density at radius 3 is 2.20 bits per heavy atom. The highest BCUT2D eigenvalue weighted by molar-refractivity contribution is 4.76. The van der Waals surface area contributed by atoms with Crippen molar-refractivity contribution < 1.29 is 4.39 Å². The quantitative estimate of drug-likeness (QED) is 0.598. The van der Waals surface area contributed by atoms with Crippen LogP contribution in [0.5, 0.6) is 0 Å². The first kappa shape index (κ1) is 7.99. The van der Waals surface area contributed by atoms with E-state index in [4.69, 9.17) is 5.73 Å². The molecule has 0 aliphatic heterocycles. The smallest absolute Gasteiger partial charge is 0.100 e. The first-order valence-electron chi connectivity index (χ1n) is 4.10. The third kappa shape index (κ3) is 1.94. The molecule has 0 aromatic rings. The first-order chi connectivity index (χ1) is 4.70. The van der Waals surface area contributed by atoms with Crippen molar-refractivity contribution in [2.45, 2.75) is 44.8 Å². The Labute approximate surface area is 61.8 Å². The number of hydrogen-bond donors (Lipinski definition) is 1. The summed E-state index contributed by atoms with van der Waals surface area (Å²) in [6.45, 7) is 2.02. The van der Waals surface area contributed by atoms with Gasteiger partial charge in [-0.2, -0.15) is 0 Å². The number of nitrogens with two attached hydrogens (primary N) is 1. The van der Waals surface area contributed by atoms with E-state index in [0.717, 1.165) is 25.7 Å². The van der Waals surface area contributed by atoms with Crippen LogP contribution in [0.3, 0.4) is 0 Å². The molecule has 1 nitrogen and oxygen atoms in total. The van der Waals surface area contributed by atoms with Gasteiger partial charge in [-0.05, 0) is 38.5 Å². The Hall–Kier alpha value is -0.110. The summed E-state index contributed by atoms with van der Waals surface area (Å²) < 4.78 is 12.6. The van der Waals surface area contributed by atoms with Gasteiger partial charge in [0.15, 0.2) is 0 Å². The Kier molecular flexibility index (Phi) is 2.66. The fourth-order valence-electron chi connectivity index (χ4n) is 1.60. The molecule has 0 aromatic heterocycles. The lowest BCUT2D eigenvalue weighted by molar-refractivity contribution is 0.194. The number of rotatable bonds is 1. The summed E-state index contributed by atoms with van der Waals surface area (Å²) in [5.41, 5.74) is 5.69. The molecule has 1 saturated carbocycles. The fraction of sp³-hybridized carbons (Fsp3) is 1.00. The molecular formula is C8H16FN. The van der Waals surface area contributed by atoms with E-state index in [9.17, 15) is 4.39 Å². The molecule has 1 aliphatic carbocycles. The summed E-state index contributed by atoms with van der Waals surface area (Å²) in [5.74, 6) is 0.576. The van der Waals surface area contributed by atoms with Crippen LogP contribution in [0.15, 0.2) is 0 Å². The standard InChI is InChI=1S/C8H16FN/c1-6(10)7-2-4-8(9)5-3-7/h6-8H,2-5,10H2,1H3. The summed E-state index contributed by atoms with van der Waals surface area (Å²) in [5, 5.41) is 0. The molecule has 10 heavy (non-hydrogen) atoms. The minimum absolute atomic E-state index is 0.257. The van der Waals surface area contributed by atoms with Crippen LogP contribution in [0, 0.1) is 5.92 Å². The molecule has 0 heterocycles. The predicted octanol–water partition coefficient (Wildman–Crippen LogP) is 1.86. The molecule has 1 atom stereocenters. The van der Waals surface area contributed by atoms with Gasteiger partial charge in [-0.25, -0.2) is 4.39 Å². The fourth-order valence-corrected chi connectivity index (χ4v) is 1.60. The van der Waals surface area contributed by atoms with Crippen LogP contribution < -0.4 is 5.73 Å². The van der Waals surface area contributed by atoms with Gasteiger partial charge in [-0.1, -0.05) is 0 Å². The van der Waals surface area contributed by atoms with E-state index in [1.165, 1.54) is 0 Å².